The molecule has 3 heterocycles. The molecule has 1 fully saturated rings. The highest BCUT2D eigenvalue weighted by Gasteiger charge is 2.28. The van der Waals surface area contributed by atoms with Crippen molar-refractivity contribution in [2.24, 2.45) is 0 Å². The Kier molecular flexibility index (Phi) is 7.69. The summed E-state index contributed by atoms with van der Waals surface area (Å²) in [7, 11) is 0. The van der Waals surface area contributed by atoms with Gasteiger partial charge in [-0.3, -0.25) is 9.69 Å². The Morgan fingerprint density at radius 3 is 2.21 bits per heavy atom. The molecule has 1 N–H and O–H groups in total. The minimum absolute atomic E-state index is 0.0950. The molecule has 1 saturated heterocycles. The van der Waals surface area contributed by atoms with Crippen LogP contribution in [-0.4, -0.2) is 67.8 Å². The van der Waals surface area contributed by atoms with E-state index < -0.39 is 0 Å². The van der Waals surface area contributed by atoms with Crippen LogP contribution >= 0.6 is 11.8 Å². The predicted molar refractivity (Wildman–Crippen MR) is 151 cm³/mol. The lowest BCUT2D eigenvalue weighted by Crippen LogP contribution is -2.50. The summed E-state index contributed by atoms with van der Waals surface area (Å²) in [5, 5.41) is 8.71. The Labute approximate surface area is 231 Å². The molecule has 0 spiro atoms. The maximum Gasteiger partial charge on any atom is 0.277 e. The van der Waals surface area contributed by atoms with Crippen LogP contribution in [0.15, 0.2) is 94.6 Å². The van der Waals surface area contributed by atoms with E-state index in [0.29, 0.717) is 37.0 Å². The number of hydrogen-bond acceptors (Lipinski definition) is 7. The average Bonchev–Trinajstić information content (AvgIpc) is 3.63. The topological polar surface area (TPSA) is 91.1 Å². The zero-order chi connectivity index (χ0) is 26.4. The highest BCUT2D eigenvalue weighted by Crippen LogP contribution is 2.29. The van der Waals surface area contributed by atoms with E-state index in [9.17, 15) is 4.79 Å². The van der Waals surface area contributed by atoms with Gasteiger partial charge < -0.3 is 14.3 Å². The standard InChI is InChI=1S/C30H30N6O2S/c37-28(21-39-30-34-33-27(38-30)16-15-26-31-24-13-7-8-14-25(24)32-26)35-17-19-36(20-18-35)29(22-9-3-1-4-10-22)23-11-5-2-6-12-23/h1-14,29H,15-21H2,(H,31,32). The van der Waals surface area contributed by atoms with Gasteiger partial charge in [-0.25, -0.2) is 4.98 Å². The van der Waals surface area contributed by atoms with Crippen LogP contribution in [0.1, 0.15) is 28.9 Å². The maximum atomic E-state index is 13.0. The molecule has 3 aromatic carbocycles. The van der Waals surface area contributed by atoms with Gasteiger partial charge in [0.05, 0.1) is 22.8 Å². The first-order valence-electron chi connectivity index (χ1n) is 13.2. The van der Waals surface area contributed by atoms with Gasteiger partial charge in [0.15, 0.2) is 0 Å². The minimum Gasteiger partial charge on any atom is -0.416 e. The summed E-state index contributed by atoms with van der Waals surface area (Å²) in [6.07, 6.45) is 1.27. The van der Waals surface area contributed by atoms with Gasteiger partial charge in [0.25, 0.3) is 5.22 Å². The number of nitrogens with zero attached hydrogens (tertiary/aromatic N) is 5. The van der Waals surface area contributed by atoms with Crippen LogP contribution in [-0.2, 0) is 17.6 Å². The number of benzene rings is 3. The molecular formula is C30H30N6O2S. The molecule has 0 unspecified atom stereocenters. The summed E-state index contributed by atoms with van der Waals surface area (Å²) in [5.41, 5.74) is 4.51. The lowest BCUT2D eigenvalue weighted by Gasteiger charge is -2.39. The Balaban J connectivity index is 1.000. The van der Waals surface area contributed by atoms with E-state index in [1.54, 1.807) is 0 Å². The van der Waals surface area contributed by atoms with Crippen molar-refractivity contribution >= 4 is 28.7 Å². The Bertz CT molecular complexity index is 1440. The van der Waals surface area contributed by atoms with Crippen LogP contribution in [0.2, 0.25) is 0 Å². The molecule has 198 valence electrons. The number of aromatic nitrogens is 4. The number of fused-ring (bicyclic) bond motifs is 1. The van der Waals surface area contributed by atoms with Gasteiger partial charge in [0, 0.05) is 39.0 Å². The quantitative estimate of drug-likeness (QED) is 0.271. The fourth-order valence-corrected chi connectivity index (χ4v) is 5.76. The van der Waals surface area contributed by atoms with Gasteiger partial charge in [-0.1, -0.05) is 84.6 Å². The van der Waals surface area contributed by atoms with Gasteiger partial charge in [0.2, 0.25) is 11.8 Å². The van der Waals surface area contributed by atoms with E-state index in [-0.39, 0.29) is 17.7 Å². The number of H-pyrrole nitrogens is 1. The third-order valence-corrected chi connectivity index (χ3v) is 7.85. The molecule has 0 radical (unpaired) electrons. The van der Waals surface area contributed by atoms with Gasteiger partial charge in [-0.15, -0.1) is 10.2 Å². The van der Waals surface area contributed by atoms with Crippen molar-refractivity contribution in [1.29, 1.82) is 0 Å². The number of rotatable bonds is 9. The third-order valence-electron chi connectivity index (χ3n) is 7.04. The zero-order valence-electron chi connectivity index (χ0n) is 21.6. The first kappa shape index (κ1) is 25.3. The number of amides is 1. The van der Waals surface area contributed by atoms with Crippen molar-refractivity contribution in [3.63, 3.8) is 0 Å². The SMILES string of the molecule is O=C(CSc1nnc(CCc2nc3ccccc3[nH]2)o1)N1CCN(C(c2ccccc2)c2ccccc2)CC1. The van der Waals surface area contributed by atoms with Crippen molar-refractivity contribution in [3.8, 4) is 0 Å². The van der Waals surface area contributed by atoms with Crippen LogP contribution in [0.5, 0.6) is 0 Å². The molecule has 1 aliphatic heterocycles. The van der Waals surface area contributed by atoms with Crippen LogP contribution < -0.4 is 0 Å². The van der Waals surface area contributed by atoms with Gasteiger partial charge in [-0.05, 0) is 23.3 Å². The van der Waals surface area contributed by atoms with Crippen LogP contribution in [0.3, 0.4) is 0 Å². The van der Waals surface area contributed by atoms with Crippen molar-refractivity contribution in [2.45, 2.75) is 24.1 Å². The van der Waals surface area contributed by atoms with Crippen LogP contribution in [0.25, 0.3) is 11.0 Å². The molecule has 9 heteroatoms. The Morgan fingerprint density at radius 1 is 0.846 bits per heavy atom. The highest BCUT2D eigenvalue weighted by atomic mass is 32.2. The van der Waals surface area contributed by atoms with Gasteiger partial charge in [-0.2, -0.15) is 0 Å². The number of nitrogens with one attached hydrogen (secondary N) is 1. The third kappa shape index (κ3) is 6.05. The molecule has 0 saturated carbocycles. The molecule has 8 nitrogen and oxygen atoms in total. The highest BCUT2D eigenvalue weighted by molar-refractivity contribution is 7.99. The second-order valence-corrected chi connectivity index (χ2v) is 10.5. The first-order valence-corrected chi connectivity index (χ1v) is 14.2. The maximum absolute atomic E-state index is 13.0. The molecule has 0 atom stereocenters. The smallest absolute Gasteiger partial charge is 0.277 e. The van der Waals surface area contributed by atoms with E-state index >= 15 is 0 Å². The second kappa shape index (κ2) is 11.8. The fourth-order valence-electron chi connectivity index (χ4n) is 5.08. The lowest BCUT2D eigenvalue weighted by molar-refractivity contribution is -0.130. The van der Waals surface area contributed by atoms with Crippen LogP contribution in [0.4, 0.5) is 0 Å². The van der Waals surface area contributed by atoms with Crippen molar-refractivity contribution in [1.82, 2.24) is 30.0 Å². The lowest BCUT2D eigenvalue weighted by atomic mass is 9.96. The first-order chi connectivity index (χ1) is 19.2. The van der Waals surface area contributed by atoms with E-state index in [2.05, 4.69) is 73.6 Å². The zero-order valence-corrected chi connectivity index (χ0v) is 22.4. The molecule has 0 aliphatic carbocycles. The van der Waals surface area contributed by atoms with Crippen molar-refractivity contribution in [2.75, 3.05) is 31.9 Å². The minimum atomic E-state index is 0.0950. The summed E-state index contributed by atoms with van der Waals surface area (Å²) in [6.45, 7) is 3.03. The second-order valence-electron chi connectivity index (χ2n) is 9.59. The molecule has 0 bridgehead atoms. The summed E-state index contributed by atoms with van der Waals surface area (Å²) < 4.78 is 5.78. The predicted octanol–water partition coefficient (Wildman–Crippen LogP) is 4.76. The number of carbonyl (C=O) groups is 1. The number of carbonyl (C=O) groups excluding carboxylic acids is 1. The summed E-state index contributed by atoms with van der Waals surface area (Å²) in [4.78, 5) is 25.3. The molecular weight excluding hydrogens is 508 g/mol. The van der Waals surface area contributed by atoms with Gasteiger partial charge >= 0.3 is 0 Å². The van der Waals surface area contributed by atoms with E-state index in [4.69, 9.17) is 4.42 Å². The number of aryl methyl sites for hydroxylation is 2. The Morgan fingerprint density at radius 2 is 1.51 bits per heavy atom. The fraction of sp³-hybridized carbons (Fsp3) is 0.267. The van der Waals surface area contributed by atoms with E-state index in [1.807, 2.05) is 41.3 Å². The van der Waals surface area contributed by atoms with Gasteiger partial charge in [0.1, 0.15) is 5.82 Å². The van der Waals surface area contributed by atoms with Crippen molar-refractivity contribution < 1.29 is 9.21 Å². The molecule has 5 aromatic rings. The summed E-state index contributed by atoms with van der Waals surface area (Å²) in [5.74, 6) is 1.82. The molecule has 1 aliphatic rings. The summed E-state index contributed by atoms with van der Waals surface area (Å²) in [6, 6.07) is 29.3. The molecule has 2 aromatic heterocycles. The monoisotopic (exact) mass is 538 g/mol. The molecule has 1 amide bonds. The molecule has 39 heavy (non-hydrogen) atoms. The van der Waals surface area contributed by atoms with Crippen molar-refractivity contribution in [3.05, 3.63) is 108 Å². The number of para-hydroxylation sites is 2. The largest absolute Gasteiger partial charge is 0.416 e. The Hall–Kier alpha value is -3.95. The van der Waals surface area contributed by atoms with E-state index in [1.165, 1.54) is 22.9 Å². The van der Waals surface area contributed by atoms with E-state index in [0.717, 1.165) is 29.9 Å². The number of piperazine rings is 1. The number of hydrogen-bond donors (Lipinski definition) is 1. The number of thioether (sulfide) groups is 1. The van der Waals surface area contributed by atoms with Crippen LogP contribution in [0, 0.1) is 0 Å². The number of aromatic amines is 1. The number of imidazole rings is 1. The average molecular weight is 539 g/mol. The summed E-state index contributed by atoms with van der Waals surface area (Å²) >= 11 is 1.30. The molecule has 6 rings (SSSR count). The normalized spacial score (nSPS) is 14.3.